The van der Waals surface area contributed by atoms with Gasteiger partial charge < -0.3 is 0 Å². The van der Waals surface area contributed by atoms with Crippen LogP contribution in [0.2, 0.25) is 0 Å². The van der Waals surface area contributed by atoms with Gasteiger partial charge in [0.1, 0.15) is 4.32 Å². The lowest BCUT2D eigenvalue weighted by molar-refractivity contribution is -0.124. The first-order chi connectivity index (χ1) is 9.66. The molecule has 0 unspecified atom stereocenters. The number of rotatable bonds is 2. The topological polar surface area (TPSA) is 20.3 Å². The fraction of sp³-hybridized carbons (Fsp3) is 0.467. The summed E-state index contributed by atoms with van der Waals surface area (Å²) < 4.78 is 0.738. The van der Waals surface area contributed by atoms with Crippen LogP contribution >= 0.6 is 35.3 Å². The van der Waals surface area contributed by atoms with Crippen LogP contribution in [0, 0.1) is 6.92 Å². The van der Waals surface area contributed by atoms with Gasteiger partial charge in [-0.2, -0.15) is 0 Å². The predicted molar refractivity (Wildman–Crippen MR) is 90.9 cm³/mol. The van der Waals surface area contributed by atoms with Gasteiger partial charge in [-0.25, -0.2) is 0 Å². The molecule has 0 N–H and O–H groups in total. The SMILES string of the molecule is Cc1ccsc1/C=C1\SC(=S)N(C2CCCCC2)C1=O. The first-order valence-corrected chi connectivity index (χ1v) is 9.08. The highest BCUT2D eigenvalue weighted by Crippen LogP contribution is 2.38. The van der Waals surface area contributed by atoms with E-state index in [9.17, 15) is 4.79 Å². The van der Waals surface area contributed by atoms with Crippen molar-refractivity contribution in [1.29, 1.82) is 0 Å². The van der Waals surface area contributed by atoms with Gasteiger partial charge >= 0.3 is 0 Å². The Morgan fingerprint density at radius 2 is 2.10 bits per heavy atom. The van der Waals surface area contributed by atoms with Crippen LogP contribution in [-0.4, -0.2) is 21.2 Å². The van der Waals surface area contributed by atoms with Crippen LogP contribution in [0.1, 0.15) is 42.5 Å². The number of thiocarbonyl (C=S) groups is 1. The Hall–Kier alpha value is -0.650. The molecule has 106 valence electrons. The zero-order chi connectivity index (χ0) is 14.1. The Kier molecular flexibility index (Phi) is 4.29. The van der Waals surface area contributed by atoms with Crippen LogP contribution in [0.4, 0.5) is 0 Å². The highest BCUT2D eigenvalue weighted by atomic mass is 32.2. The van der Waals surface area contributed by atoms with Crippen molar-refractivity contribution in [3.63, 3.8) is 0 Å². The van der Waals surface area contributed by atoms with Crippen molar-refractivity contribution in [3.8, 4) is 0 Å². The summed E-state index contributed by atoms with van der Waals surface area (Å²) in [7, 11) is 0. The van der Waals surface area contributed by atoms with E-state index in [0.29, 0.717) is 6.04 Å². The molecule has 0 radical (unpaired) electrons. The number of thiophene rings is 1. The van der Waals surface area contributed by atoms with E-state index in [1.807, 2.05) is 11.0 Å². The molecule has 0 spiro atoms. The number of thioether (sulfide) groups is 1. The smallest absolute Gasteiger partial charge is 0.266 e. The van der Waals surface area contributed by atoms with Crippen molar-refractivity contribution < 1.29 is 4.79 Å². The fourth-order valence-electron chi connectivity index (χ4n) is 2.79. The Bertz CT molecular complexity index is 569. The minimum absolute atomic E-state index is 0.111. The molecule has 0 bridgehead atoms. The monoisotopic (exact) mass is 323 g/mol. The van der Waals surface area contributed by atoms with Gasteiger partial charge in [0.15, 0.2) is 0 Å². The lowest BCUT2D eigenvalue weighted by Crippen LogP contribution is -2.39. The summed E-state index contributed by atoms with van der Waals surface area (Å²) in [6, 6.07) is 2.41. The van der Waals surface area contributed by atoms with Gasteiger partial charge in [-0.05, 0) is 42.9 Å². The van der Waals surface area contributed by atoms with Crippen molar-refractivity contribution in [1.82, 2.24) is 4.90 Å². The number of hydrogen-bond donors (Lipinski definition) is 0. The summed E-state index contributed by atoms with van der Waals surface area (Å²) in [4.78, 5) is 16.4. The van der Waals surface area contributed by atoms with Gasteiger partial charge in [0.25, 0.3) is 5.91 Å². The number of amides is 1. The second-order valence-electron chi connectivity index (χ2n) is 5.31. The van der Waals surface area contributed by atoms with E-state index in [4.69, 9.17) is 12.2 Å². The molecule has 1 aromatic heterocycles. The third-order valence-corrected chi connectivity index (χ3v) is 6.22. The number of aryl methyl sites for hydroxylation is 1. The molecule has 1 aliphatic heterocycles. The average Bonchev–Trinajstić information content (AvgIpc) is 2.96. The van der Waals surface area contributed by atoms with Crippen molar-refractivity contribution in [2.75, 3.05) is 0 Å². The molecule has 2 heterocycles. The lowest BCUT2D eigenvalue weighted by atomic mass is 9.94. The Morgan fingerprint density at radius 3 is 2.75 bits per heavy atom. The van der Waals surface area contributed by atoms with Gasteiger partial charge in [-0.15, -0.1) is 11.3 Å². The maximum absolute atomic E-state index is 12.6. The van der Waals surface area contributed by atoms with Gasteiger partial charge in [-0.3, -0.25) is 9.69 Å². The van der Waals surface area contributed by atoms with Crippen LogP contribution < -0.4 is 0 Å². The number of carbonyl (C=O) groups excluding carboxylic acids is 1. The summed E-state index contributed by atoms with van der Waals surface area (Å²) in [5, 5.41) is 2.06. The zero-order valence-corrected chi connectivity index (χ0v) is 13.9. The van der Waals surface area contributed by atoms with E-state index < -0.39 is 0 Å². The standard InChI is InChI=1S/C15H17NOS3/c1-10-7-8-19-12(10)9-13-14(17)16(15(18)20-13)11-5-3-2-4-6-11/h7-9,11H,2-6H2,1H3/b13-9-. The third kappa shape index (κ3) is 2.71. The number of carbonyl (C=O) groups is 1. The number of nitrogens with zero attached hydrogens (tertiary/aromatic N) is 1. The molecule has 2 fully saturated rings. The minimum Gasteiger partial charge on any atom is -0.290 e. The molecular weight excluding hydrogens is 306 g/mol. The van der Waals surface area contributed by atoms with E-state index in [0.717, 1.165) is 26.9 Å². The normalized spacial score (nSPS) is 23.1. The molecule has 1 aromatic rings. The molecule has 2 aliphatic rings. The van der Waals surface area contributed by atoms with E-state index in [1.54, 1.807) is 11.3 Å². The average molecular weight is 324 g/mol. The van der Waals surface area contributed by atoms with Crippen molar-refractivity contribution in [2.24, 2.45) is 0 Å². The van der Waals surface area contributed by atoms with E-state index in [1.165, 1.54) is 36.6 Å². The Balaban J connectivity index is 1.83. The largest absolute Gasteiger partial charge is 0.290 e. The van der Waals surface area contributed by atoms with Crippen molar-refractivity contribution in [3.05, 3.63) is 26.8 Å². The summed E-state index contributed by atoms with van der Waals surface area (Å²) in [6.45, 7) is 2.07. The predicted octanol–water partition coefficient (Wildman–Crippen LogP) is 4.59. The zero-order valence-electron chi connectivity index (χ0n) is 11.4. The molecule has 20 heavy (non-hydrogen) atoms. The van der Waals surface area contributed by atoms with Gasteiger partial charge in [0.2, 0.25) is 0 Å². The molecule has 2 nitrogen and oxygen atoms in total. The molecule has 0 atom stereocenters. The molecule has 3 rings (SSSR count). The first kappa shape index (κ1) is 14.3. The van der Waals surface area contributed by atoms with Gasteiger partial charge in [0.05, 0.1) is 4.91 Å². The molecule has 1 saturated carbocycles. The van der Waals surface area contributed by atoms with Gasteiger partial charge in [-0.1, -0.05) is 43.2 Å². The molecule has 5 heteroatoms. The van der Waals surface area contributed by atoms with Crippen LogP contribution in [-0.2, 0) is 4.79 Å². The maximum atomic E-state index is 12.6. The van der Waals surface area contributed by atoms with E-state index in [-0.39, 0.29) is 5.91 Å². The molecule has 1 amide bonds. The van der Waals surface area contributed by atoms with Crippen LogP contribution in [0.25, 0.3) is 6.08 Å². The van der Waals surface area contributed by atoms with Crippen molar-refractivity contribution in [2.45, 2.75) is 45.1 Å². The summed E-state index contributed by atoms with van der Waals surface area (Å²) >= 11 is 8.57. The molecular formula is C15H17NOS3. The maximum Gasteiger partial charge on any atom is 0.266 e. The highest BCUT2D eigenvalue weighted by Gasteiger charge is 2.37. The highest BCUT2D eigenvalue weighted by molar-refractivity contribution is 8.26. The van der Waals surface area contributed by atoms with E-state index >= 15 is 0 Å². The fourth-order valence-corrected chi connectivity index (χ4v) is 5.10. The first-order valence-electron chi connectivity index (χ1n) is 6.98. The van der Waals surface area contributed by atoms with E-state index in [2.05, 4.69) is 18.4 Å². The Morgan fingerprint density at radius 1 is 1.35 bits per heavy atom. The third-order valence-electron chi connectivity index (χ3n) is 3.93. The summed E-state index contributed by atoms with van der Waals surface area (Å²) in [6.07, 6.45) is 7.91. The van der Waals surface area contributed by atoms with Gasteiger partial charge in [0, 0.05) is 10.9 Å². The second kappa shape index (κ2) is 6.00. The molecule has 1 aliphatic carbocycles. The molecule has 0 aromatic carbocycles. The van der Waals surface area contributed by atoms with Crippen LogP contribution in [0.3, 0.4) is 0 Å². The Labute approximate surface area is 133 Å². The van der Waals surface area contributed by atoms with Crippen LogP contribution in [0.5, 0.6) is 0 Å². The molecule has 1 saturated heterocycles. The lowest BCUT2D eigenvalue weighted by Gasteiger charge is -2.29. The minimum atomic E-state index is 0.111. The second-order valence-corrected chi connectivity index (χ2v) is 7.93. The number of hydrogen-bond acceptors (Lipinski definition) is 4. The quantitative estimate of drug-likeness (QED) is 0.586. The van der Waals surface area contributed by atoms with Crippen LogP contribution in [0.15, 0.2) is 16.4 Å². The summed E-state index contributed by atoms with van der Waals surface area (Å²) in [5.41, 5.74) is 1.22. The summed E-state index contributed by atoms with van der Waals surface area (Å²) in [5.74, 6) is 0.111. The van der Waals surface area contributed by atoms with Crippen molar-refractivity contribution >= 4 is 51.6 Å².